The van der Waals surface area contributed by atoms with Crippen molar-refractivity contribution in [3.63, 3.8) is 0 Å². The van der Waals surface area contributed by atoms with E-state index in [4.69, 9.17) is 4.74 Å². The van der Waals surface area contributed by atoms with Crippen molar-refractivity contribution in [3.05, 3.63) is 12.7 Å². The van der Waals surface area contributed by atoms with Crippen molar-refractivity contribution in [1.82, 2.24) is 19.7 Å². The quantitative estimate of drug-likeness (QED) is 0.708. The number of aromatic nitrogens is 3. The van der Waals surface area contributed by atoms with Crippen LogP contribution in [0.3, 0.4) is 0 Å². The van der Waals surface area contributed by atoms with Crippen LogP contribution in [-0.4, -0.2) is 51.2 Å². The number of rotatable bonds is 3. The summed E-state index contributed by atoms with van der Waals surface area (Å²) in [7, 11) is 1.34. The summed E-state index contributed by atoms with van der Waals surface area (Å²) in [4.78, 5) is 29.3. The highest BCUT2D eigenvalue weighted by atomic mass is 16.5. The van der Waals surface area contributed by atoms with Gasteiger partial charge < -0.3 is 9.64 Å². The summed E-state index contributed by atoms with van der Waals surface area (Å²) in [5.74, 6) is -0.486. The molecule has 0 unspecified atom stereocenters. The van der Waals surface area contributed by atoms with E-state index in [1.165, 1.54) is 24.4 Å². The Bertz CT molecular complexity index is 432. The molecule has 1 aliphatic rings. The number of hydrogen-bond acceptors (Lipinski definition) is 5. The highest BCUT2D eigenvalue weighted by Gasteiger charge is 2.37. The standard InChI is InChI=1S/C11H16N4O3/c1-8(15-7-12-6-13-15)10(16)14-5-3-4-9(14)11(17)18-2/h6-9H,3-5H2,1-2H3/t8-,9-/m1/s1. The molecule has 0 aliphatic carbocycles. The molecule has 7 nitrogen and oxygen atoms in total. The van der Waals surface area contributed by atoms with Gasteiger partial charge in [-0.2, -0.15) is 5.10 Å². The smallest absolute Gasteiger partial charge is 0.328 e. The fourth-order valence-corrected chi connectivity index (χ4v) is 2.18. The van der Waals surface area contributed by atoms with E-state index in [9.17, 15) is 9.59 Å². The first-order valence-electron chi connectivity index (χ1n) is 5.87. The molecule has 98 valence electrons. The van der Waals surface area contributed by atoms with Gasteiger partial charge >= 0.3 is 5.97 Å². The van der Waals surface area contributed by atoms with E-state index >= 15 is 0 Å². The highest BCUT2D eigenvalue weighted by Crippen LogP contribution is 2.22. The maximum absolute atomic E-state index is 12.3. The number of likely N-dealkylation sites (tertiary alicyclic amines) is 1. The van der Waals surface area contributed by atoms with Crippen molar-refractivity contribution >= 4 is 11.9 Å². The molecule has 0 N–H and O–H groups in total. The molecule has 2 heterocycles. The van der Waals surface area contributed by atoms with Gasteiger partial charge in [-0.3, -0.25) is 4.79 Å². The summed E-state index contributed by atoms with van der Waals surface area (Å²) in [6.07, 6.45) is 4.34. The molecular weight excluding hydrogens is 236 g/mol. The second kappa shape index (κ2) is 5.16. The van der Waals surface area contributed by atoms with Gasteiger partial charge in [0.15, 0.2) is 0 Å². The van der Waals surface area contributed by atoms with Crippen LogP contribution in [-0.2, 0) is 14.3 Å². The third-order valence-electron chi connectivity index (χ3n) is 3.20. The molecule has 0 bridgehead atoms. The first-order chi connectivity index (χ1) is 8.65. The fourth-order valence-electron chi connectivity index (χ4n) is 2.18. The predicted molar refractivity (Wildman–Crippen MR) is 61.5 cm³/mol. The van der Waals surface area contributed by atoms with E-state index in [1.54, 1.807) is 11.8 Å². The number of carbonyl (C=O) groups is 2. The van der Waals surface area contributed by atoms with Crippen LogP contribution in [0.15, 0.2) is 12.7 Å². The molecule has 2 rings (SSSR count). The zero-order chi connectivity index (χ0) is 13.1. The molecule has 1 amide bonds. The first-order valence-corrected chi connectivity index (χ1v) is 5.87. The van der Waals surface area contributed by atoms with Gasteiger partial charge in [-0.15, -0.1) is 0 Å². The minimum atomic E-state index is -0.464. The number of esters is 1. The predicted octanol–water partition coefficient (Wildman–Crippen LogP) is 0.00310. The molecule has 7 heteroatoms. The number of hydrogen-bond donors (Lipinski definition) is 0. The van der Waals surface area contributed by atoms with Gasteiger partial charge in [0.1, 0.15) is 24.7 Å². The Labute approximate surface area is 105 Å². The minimum absolute atomic E-state index is 0.131. The normalized spacial score (nSPS) is 20.8. The van der Waals surface area contributed by atoms with Crippen LogP contribution < -0.4 is 0 Å². The fraction of sp³-hybridized carbons (Fsp3) is 0.636. The molecule has 1 aliphatic heterocycles. The Morgan fingerprint density at radius 3 is 2.89 bits per heavy atom. The van der Waals surface area contributed by atoms with Crippen LogP contribution in [0.5, 0.6) is 0 Å². The van der Waals surface area contributed by atoms with Gasteiger partial charge in [-0.25, -0.2) is 14.5 Å². The lowest BCUT2D eigenvalue weighted by Gasteiger charge is -2.25. The van der Waals surface area contributed by atoms with E-state index in [0.717, 1.165) is 6.42 Å². The average Bonchev–Trinajstić information content (AvgIpc) is 3.06. The van der Waals surface area contributed by atoms with Gasteiger partial charge in [0.05, 0.1) is 7.11 Å². The van der Waals surface area contributed by atoms with Crippen molar-refractivity contribution in [3.8, 4) is 0 Å². The summed E-state index contributed by atoms with van der Waals surface area (Å²) in [6.45, 7) is 2.32. The molecule has 0 radical (unpaired) electrons. The number of nitrogens with zero attached hydrogens (tertiary/aromatic N) is 4. The lowest BCUT2D eigenvalue weighted by atomic mass is 10.2. The highest BCUT2D eigenvalue weighted by molar-refractivity contribution is 5.87. The maximum Gasteiger partial charge on any atom is 0.328 e. The monoisotopic (exact) mass is 252 g/mol. The number of amides is 1. The molecule has 1 saturated heterocycles. The summed E-state index contributed by atoms with van der Waals surface area (Å²) < 4.78 is 6.20. The molecule has 18 heavy (non-hydrogen) atoms. The largest absolute Gasteiger partial charge is 0.467 e. The van der Waals surface area contributed by atoms with Gasteiger partial charge in [-0.05, 0) is 19.8 Å². The van der Waals surface area contributed by atoms with Crippen molar-refractivity contribution in [2.45, 2.75) is 31.8 Å². The Hall–Kier alpha value is -1.92. The third kappa shape index (κ3) is 2.20. The van der Waals surface area contributed by atoms with Crippen LogP contribution in [0.25, 0.3) is 0 Å². The molecule has 0 saturated carbocycles. The molecule has 1 fully saturated rings. The van der Waals surface area contributed by atoms with Gasteiger partial charge in [0.25, 0.3) is 0 Å². The summed E-state index contributed by atoms with van der Waals surface area (Å²) in [6, 6.07) is -0.925. The van der Waals surface area contributed by atoms with Crippen molar-refractivity contribution < 1.29 is 14.3 Å². The topological polar surface area (TPSA) is 77.3 Å². The summed E-state index contributed by atoms with van der Waals surface area (Å²) in [5, 5.41) is 3.94. The van der Waals surface area contributed by atoms with E-state index in [1.807, 2.05) is 0 Å². The summed E-state index contributed by atoms with van der Waals surface area (Å²) >= 11 is 0. The molecular formula is C11H16N4O3. The van der Waals surface area contributed by atoms with Crippen molar-refractivity contribution in [2.75, 3.05) is 13.7 Å². The van der Waals surface area contributed by atoms with Crippen LogP contribution in [0.1, 0.15) is 25.8 Å². The van der Waals surface area contributed by atoms with E-state index in [0.29, 0.717) is 13.0 Å². The molecule has 0 aromatic carbocycles. The third-order valence-corrected chi connectivity index (χ3v) is 3.20. The van der Waals surface area contributed by atoms with Crippen molar-refractivity contribution in [2.24, 2.45) is 0 Å². The molecule has 0 spiro atoms. The van der Waals surface area contributed by atoms with E-state index in [2.05, 4.69) is 10.1 Å². The Morgan fingerprint density at radius 2 is 2.28 bits per heavy atom. The Kier molecular flexibility index (Phi) is 3.59. The van der Waals surface area contributed by atoms with E-state index < -0.39 is 12.1 Å². The second-order valence-corrected chi connectivity index (χ2v) is 4.26. The minimum Gasteiger partial charge on any atom is -0.467 e. The van der Waals surface area contributed by atoms with Crippen LogP contribution in [0.4, 0.5) is 0 Å². The number of carbonyl (C=O) groups excluding carboxylic acids is 2. The molecule has 2 atom stereocenters. The molecule has 1 aromatic rings. The number of ether oxygens (including phenoxy) is 1. The lowest BCUT2D eigenvalue weighted by molar-refractivity contribution is -0.152. The Balaban J connectivity index is 2.11. The first kappa shape index (κ1) is 12.5. The van der Waals surface area contributed by atoms with Crippen LogP contribution in [0, 0.1) is 0 Å². The Morgan fingerprint density at radius 1 is 1.50 bits per heavy atom. The van der Waals surface area contributed by atoms with Gasteiger partial charge in [-0.1, -0.05) is 0 Å². The molecule has 1 aromatic heterocycles. The van der Waals surface area contributed by atoms with Crippen LogP contribution >= 0.6 is 0 Å². The number of methoxy groups -OCH3 is 1. The van der Waals surface area contributed by atoms with Gasteiger partial charge in [0.2, 0.25) is 5.91 Å². The van der Waals surface area contributed by atoms with E-state index in [-0.39, 0.29) is 11.9 Å². The second-order valence-electron chi connectivity index (χ2n) is 4.26. The average molecular weight is 252 g/mol. The zero-order valence-corrected chi connectivity index (χ0v) is 10.4. The van der Waals surface area contributed by atoms with Crippen molar-refractivity contribution in [1.29, 1.82) is 0 Å². The van der Waals surface area contributed by atoms with Crippen LogP contribution in [0.2, 0.25) is 0 Å². The lowest BCUT2D eigenvalue weighted by Crippen LogP contribution is -2.44. The van der Waals surface area contributed by atoms with Gasteiger partial charge in [0, 0.05) is 6.54 Å². The maximum atomic E-state index is 12.3. The summed E-state index contributed by atoms with van der Waals surface area (Å²) in [5.41, 5.74) is 0. The SMILES string of the molecule is COC(=O)[C@H]1CCCN1C(=O)[C@@H](C)n1cncn1. The zero-order valence-electron chi connectivity index (χ0n) is 10.4.